The van der Waals surface area contributed by atoms with Gasteiger partial charge in [-0.3, -0.25) is 4.68 Å². The Morgan fingerprint density at radius 1 is 1.55 bits per heavy atom. The molecule has 1 rings (SSSR count). The minimum absolute atomic E-state index is 0.627. The van der Waals surface area contributed by atoms with E-state index in [4.69, 9.17) is 0 Å². The van der Waals surface area contributed by atoms with Crippen LogP contribution in [0.4, 0.5) is 5.69 Å². The maximum atomic E-state index is 9.96. The average Bonchev–Trinajstić information content (AvgIpc) is 2.17. The molecule has 0 N–H and O–H groups in total. The number of aliphatic imine (C=N–C) groups is 1. The molecule has 4 nitrogen and oxygen atoms in total. The maximum Gasteiger partial charge on any atom is 0.240 e. The molecule has 0 saturated carbocycles. The summed E-state index contributed by atoms with van der Waals surface area (Å²) in [5.41, 5.74) is 2.27. The molecule has 0 aliphatic heterocycles. The fourth-order valence-electron chi connectivity index (χ4n) is 0.970. The highest BCUT2D eigenvalue weighted by molar-refractivity contribution is 5.54. The molecule has 0 fully saturated rings. The first-order chi connectivity index (χ1) is 5.16. The van der Waals surface area contributed by atoms with Gasteiger partial charge in [-0.2, -0.15) is 10.1 Å². The Hall–Kier alpha value is -1.41. The topological polar surface area (TPSA) is 47.2 Å². The second kappa shape index (κ2) is 2.68. The van der Waals surface area contributed by atoms with E-state index < -0.39 is 0 Å². The molecule has 58 valence electrons. The number of nitrogens with zero attached hydrogens (tertiary/aromatic N) is 3. The zero-order chi connectivity index (χ0) is 8.43. The molecule has 0 radical (unpaired) electrons. The number of rotatable bonds is 1. The van der Waals surface area contributed by atoms with Gasteiger partial charge in [0.1, 0.15) is 5.69 Å². The van der Waals surface area contributed by atoms with Crippen molar-refractivity contribution in [1.29, 1.82) is 0 Å². The number of isocyanates is 1. The molecular weight excluding hydrogens is 142 g/mol. The van der Waals surface area contributed by atoms with Crippen molar-refractivity contribution in [2.45, 2.75) is 13.8 Å². The zero-order valence-corrected chi connectivity index (χ0v) is 6.75. The largest absolute Gasteiger partial charge is 0.270 e. The van der Waals surface area contributed by atoms with E-state index in [0.29, 0.717) is 5.69 Å². The Bertz CT molecular complexity index is 321. The summed E-state index contributed by atoms with van der Waals surface area (Å²) in [6, 6.07) is 0. The predicted octanol–water partition coefficient (Wildman–Crippen LogP) is 1.00. The Morgan fingerprint density at radius 3 is 2.55 bits per heavy atom. The van der Waals surface area contributed by atoms with Gasteiger partial charge in [0.05, 0.1) is 11.4 Å². The summed E-state index contributed by atoms with van der Waals surface area (Å²) >= 11 is 0. The predicted molar refractivity (Wildman–Crippen MR) is 40.5 cm³/mol. The molecule has 1 aromatic rings. The van der Waals surface area contributed by atoms with Crippen molar-refractivity contribution >= 4 is 11.8 Å². The third-order valence-electron chi connectivity index (χ3n) is 1.63. The Balaban J connectivity index is 3.33. The summed E-state index contributed by atoms with van der Waals surface area (Å²) in [5, 5.41) is 4.07. The molecule has 0 aromatic carbocycles. The molecule has 4 heteroatoms. The SMILES string of the molecule is Cc1nn(C)c(C)c1N=C=O. The third kappa shape index (κ3) is 1.21. The van der Waals surface area contributed by atoms with Crippen molar-refractivity contribution < 1.29 is 4.79 Å². The van der Waals surface area contributed by atoms with E-state index in [1.807, 2.05) is 20.9 Å². The minimum Gasteiger partial charge on any atom is -0.270 e. The van der Waals surface area contributed by atoms with Crippen molar-refractivity contribution in [3.05, 3.63) is 11.4 Å². The summed E-state index contributed by atoms with van der Waals surface area (Å²) in [7, 11) is 1.81. The summed E-state index contributed by atoms with van der Waals surface area (Å²) < 4.78 is 1.69. The van der Waals surface area contributed by atoms with E-state index in [2.05, 4.69) is 10.1 Å². The van der Waals surface area contributed by atoms with Crippen molar-refractivity contribution in [3.8, 4) is 0 Å². The number of aryl methyl sites for hydroxylation is 2. The van der Waals surface area contributed by atoms with Gasteiger partial charge in [-0.15, -0.1) is 0 Å². The second-order valence-corrected chi connectivity index (χ2v) is 2.35. The average molecular weight is 151 g/mol. The Morgan fingerprint density at radius 2 is 2.18 bits per heavy atom. The highest BCUT2D eigenvalue weighted by Gasteiger charge is 2.06. The van der Waals surface area contributed by atoms with E-state index >= 15 is 0 Å². The number of hydrogen-bond donors (Lipinski definition) is 0. The smallest absolute Gasteiger partial charge is 0.240 e. The lowest BCUT2D eigenvalue weighted by molar-refractivity contribution is 0.565. The molecule has 1 heterocycles. The molecule has 1 aromatic heterocycles. The van der Waals surface area contributed by atoms with Crippen LogP contribution in [0.2, 0.25) is 0 Å². The molecule has 0 atom stereocenters. The van der Waals surface area contributed by atoms with Crippen LogP contribution in [0.5, 0.6) is 0 Å². The fraction of sp³-hybridized carbons (Fsp3) is 0.429. The van der Waals surface area contributed by atoms with Crippen LogP contribution < -0.4 is 0 Å². The van der Waals surface area contributed by atoms with Crippen molar-refractivity contribution in [3.63, 3.8) is 0 Å². The molecule has 0 saturated heterocycles. The highest BCUT2D eigenvalue weighted by Crippen LogP contribution is 2.20. The van der Waals surface area contributed by atoms with E-state index in [1.165, 1.54) is 6.08 Å². The van der Waals surface area contributed by atoms with E-state index in [-0.39, 0.29) is 0 Å². The van der Waals surface area contributed by atoms with Gasteiger partial charge in [0.2, 0.25) is 6.08 Å². The fourth-order valence-corrected chi connectivity index (χ4v) is 0.970. The number of aromatic nitrogens is 2. The van der Waals surface area contributed by atoms with Gasteiger partial charge in [-0.25, -0.2) is 4.79 Å². The van der Waals surface area contributed by atoms with Crippen LogP contribution in [0.15, 0.2) is 4.99 Å². The lowest BCUT2D eigenvalue weighted by atomic mass is 10.3. The first-order valence-corrected chi connectivity index (χ1v) is 3.25. The second-order valence-electron chi connectivity index (χ2n) is 2.35. The third-order valence-corrected chi connectivity index (χ3v) is 1.63. The molecule has 0 amide bonds. The van der Waals surface area contributed by atoms with Gasteiger partial charge in [0, 0.05) is 7.05 Å². The van der Waals surface area contributed by atoms with Crippen molar-refractivity contribution in [2.24, 2.45) is 12.0 Å². The van der Waals surface area contributed by atoms with Crippen LogP contribution in [0, 0.1) is 13.8 Å². The van der Waals surface area contributed by atoms with Crippen LogP contribution in [-0.2, 0) is 11.8 Å². The molecule has 0 aliphatic rings. The minimum atomic E-state index is 0.627. The first-order valence-electron chi connectivity index (χ1n) is 3.25. The van der Waals surface area contributed by atoms with Crippen LogP contribution in [0.1, 0.15) is 11.4 Å². The lowest BCUT2D eigenvalue weighted by Crippen LogP contribution is -1.91. The highest BCUT2D eigenvalue weighted by atomic mass is 16.1. The van der Waals surface area contributed by atoms with Crippen LogP contribution in [0.3, 0.4) is 0 Å². The monoisotopic (exact) mass is 151 g/mol. The van der Waals surface area contributed by atoms with Gasteiger partial charge in [0.25, 0.3) is 0 Å². The quantitative estimate of drug-likeness (QED) is 0.444. The molecule has 0 spiro atoms. The number of hydrogen-bond acceptors (Lipinski definition) is 3. The Kier molecular flexibility index (Phi) is 1.87. The van der Waals surface area contributed by atoms with Crippen LogP contribution >= 0.6 is 0 Å². The van der Waals surface area contributed by atoms with Gasteiger partial charge in [0.15, 0.2) is 0 Å². The zero-order valence-electron chi connectivity index (χ0n) is 6.75. The molecule has 0 bridgehead atoms. The summed E-state index contributed by atoms with van der Waals surface area (Å²) in [6.07, 6.45) is 1.50. The van der Waals surface area contributed by atoms with Crippen molar-refractivity contribution in [2.75, 3.05) is 0 Å². The summed E-state index contributed by atoms with van der Waals surface area (Å²) in [4.78, 5) is 13.5. The van der Waals surface area contributed by atoms with Gasteiger partial charge >= 0.3 is 0 Å². The van der Waals surface area contributed by atoms with Crippen LogP contribution in [0.25, 0.3) is 0 Å². The standard InChI is InChI=1S/C7H9N3O/c1-5-7(8-4-11)6(2)10(3)9-5/h1-3H3. The van der Waals surface area contributed by atoms with Crippen molar-refractivity contribution in [1.82, 2.24) is 9.78 Å². The molecule has 11 heavy (non-hydrogen) atoms. The lowest BCUT2D eigenvalue weighted by Gasteiger charge is -1.90. The van der Waals surface area contributed by atoms with E-state index in [9.17, 15) is 4.79 Å². The van der Waals surface area contributed by atoms with Gasteiger partial charge < -0.3 is 0 Å². The van der Waals surface area contributed by atoms with Gasteiger partial charge in [-0.1, -0.05) is 0 Å². The molecule has 0 unspecified atom stereocenters. The normalized spacial score (nSPS) is 9.36. The van der Waals surface area contributed by atoms with Gasteiger partial charge in [-0.05, 0) is 13.8 Å². The summed E-state index contributed by atoms with van der Waals surface area (Å²) in [6.45, 7) is 3.67. The van der Waals surface area contributed by atoms with E-state index in [1.54, 1.807) is 4.68 Å². The molecule has 0 aliphatic carbocycles. The van der Waals surface area contributed by atoms with Crippen LogP contribution in [-0.4, -0.2) is 15.9 Å². The molecular formula is C7H9N3O. The maximum absolute atomic E-state index is 9.96. The Labute approximate surface area is 64.6 Å². The summed E-state index contributed by atoms with van der Waals surface area (Å²) in [5.74, 6) is 0. The number of carbonyl (C=O) groups excluding carboxylic acids is 1. The first kappa shape index (κ1) is 7.69. The van der Waals surface area contributed by atoms with E-state index in [0.717, 1.165) is 11.4 Å².